The second-order valence-corrected chi connectivity index (χ2v) is 6.89. The molecule has 0 aliphatic carbocycles. The third-order valence-corrected chi connectivity index (χ3v) is 4.77. The molecule has 1 heterocycles. The first-order valence-electron chi connectivity index (χ1n) is 8.34. The fourth-order valence-electron chi connectivity index (χ4n) is 2.79. The van der Waals surface area contributed by atoms with Gasteiger partial charge in [0.15, 0.2) is 6.61 Å². The molecule has 1 aliphatic rings. The molecule has 1 fully saturated rings. The fraction of sp³-hybridized carbons (Fsp3) is 0.263. The number of ether oxygens (including phenoxy) is 1. The summed E-state index contributed by atoms with van der Waals surface area (Å²) in [4.78, 5) is 28.0. The van der Waals surface area contributed by atoms with Crippen LogP contribution in [-0.4, -0.2) is 54.4 Å². The summed E-state index contributed by atoms with van der Waals surface area (Å²) < 4.78 is 18.7. The van der Waals surface area contributed by atoms with E-state index in [0.717, 1.165) is 0 Å². The molecule has 3 rings (SSSR count). The van der Waals surface area contributed by atoms with Gasteiger partial charge in [-0.25, -0.2) is 4.39 Å². The Morgan fingerprint density at radius 1 is 1.00 bits per heavy atom. The van der Waals surface area contributed by atoms with Crippen molar-refractivity contribution in [2.45, 2.75) is 0 Å². The van der Waals surface area contributed by atoms with Crippen molar-refractivity contribution in [3.63, 3.8) is 0 Å². The van der Waals surface area contributed by atoms with Gasteiger partial charge < -0.3 is 14.5 Å². The molecule has 5 nitrogen and oxygen atoms in total. The molecule has 1 saturated heterocycles. The Bertz CT molecular complexity index is 855. The van der Waals surface area contributed by atoms with Gasteiger partial charge in [0, 0.05) is 36.8 Å². The highest BCUT2D eigenvalue weighted by Crippen LogP contribution is 2.27. The summed E-state index contributed by atoms with van der Waals surface area (Å²) in [6.07, 6.45) is 0. The zero-order valence-corrected chi connectivity index (χ0v) is 15.8. The van der Waals surface area contributed by atoms with Gasteiger partial charge in [0.25, 0.3) is 11.8 Å². The molecule has 0 unspecified atom stereocenters. The highest BCUT2D eigenvalue weighted by Gasteiger charge is 2.25. The van der Waals surface area contributed by atoms with Gasteiger partial charge in [-0.3, -0.25) is 9.59 Å². The minimum absolute atomic E-state index is 0.154. The van der Waals surface area contributed by atoms with Gasteiger partial charge in [-0.1, -0.05) is 29.3 Å². The summed E-state index contributed by atoms with van der Waals surface area (Å²) >= 11 is 11.8. The van der Waals surface area contributed by atoms with E-state index < -0.39 is 5.82 Å². The maximum absolute atomic E-state index is 13.3. The van der Waals surface area contributed by atoms with E-state index in [4.69, 9.17) is 27.9 Å². The Balaban J connectivity index is 1.51. The Morgan fingerprint density at radius 3 is 2.37 bits per heavy atom. The maximum atomic E-state index is 13.3. The summed E-state index contributed by atoms with van der Waals surface area (Å²) in [7, 11) is 0. The number of carbonyl (C=O) groups excluding carboxylic acids is 2. The molecule has 27 heavy (non-hydrogen) atoms. The topological polar surface area (TPSA) is 49.9 Å². The molecule has 8 heteroatoms. The van der Waals surface area contributed by atoms with E-state index in [2.05, 4.69) is 0 Å². The predicted molar refractivity (Wildman–Crippen MR) is 101 cm³/mol. The number of hydrogen-bond donors (Lipinski definition) is 0. The lowest BCUT2D eigenvalue weighted by Gasteiger charge is -2.34. The molecule has 0 saturated carbocycles. The van der Waals surface area contributed by atoms with E-state index >= 15 is 0 Å². The molecule has 0 bridgehead atoms. The van der Waals surface area contributed by atoms with Gasteiger partial charge in [0.2, 0.25) is 0 Å². The van der Waals surface area contributed by atoms with E-state index in [-0.39, 0.29) is 18.4 Å². The Hall–Kier alpha value is -2.31. The molecule has 1 aliphatic heterocycles. The second kappa shape index (κ2) is 8.59. The van der Waals surface area contributed by atoms with Crippen LogP contribution in [0, 0.1) is 5.82 Å². The first-order valence-corrected chi connectivity index (χ1v) is 9.10. The van der Waals surface area contributed by atoms with E-state index in [1.54, 1.807) is 34.1 Å². The summed E-state index contributed by atoms with van der Waals surface area (Å²) in [5.74, 6) is -0.508. The van der Waals surface area contributed by atoms with Crippen LogP contribution in [0.15, 0.2) is 42.5 Å². The lowest BCUT2D eigenvalue weighted by atomic mass is 10.1. The monoisotopic (exact) mass is 410 g/mol. The molecule has 0 N–H and O–H groups in total. The largest absolute Gasteiger partial charge is 0.482 e. The van der Waals surface area contributed by atoms with Crippen molar-refractivity contribution in [1.82, 2.24) is 9.80 Å². The van der Waals surface area contributed by atoms with Gasteiger partial charge in [-0.15, -0.1) is 0 Å². The van der Waals surface area contributed by atoms with Crippen LogP contribution in [0.2, 0.25) is 10.0 Å². The third kappa shape index (κ3) is 4.90. The number of halogens is 3. The summed E-state index contributed by atoms with van der Waals surface area (Å²) in [6, 6.07) is 10.4. The van der Waals surface area contributed by atoms with Crippen LogP contribution in [-0.2, 0) is 4.79 Å². The van der Waals surface area contributed by atoms with Crippen molar-refractivity contribution >= 4 is 35.0 Å². The number of amides is 2. The minimum Gasteiger partial charge on any atom is -0.482 e. The van der Waals surface area contributed by atoms with Crippen molar-refractivity contribution in [2.75, 3.05) is 32.8 Å². The quantitative estimate of drug-likeness (QED) is 0.774. The van der Waals surface area contributed by atoms with Crippen molar-refractivity contribution in [2.24, 2.45) is 0 Å². The van der Waals surface area contributed by atoms with E-state index in [0.29, 0.717) is 47.5 Å². The first kappa shape index (κ1) is 19.5. The number of piperazine rings is 1. The average molecular weight is 411 g/mol. The third-order valence-electron chi connectivity index (χ3n) is 4.24. The highest BCUT2D eigenvalue weighted by molar-refractivity contribution is 6.35. The molecular weight excluding hydrogens is 394 g/mol. The number of carbonyl (C=O) groups is 2. The van der Waals surface area contributed by atoms with E-state index in [9.17, 15) is 14.0 Å². The molecular formula is C19H17Cl2FN2O3. The predicted octanol–water partition coefficient (Wildman–Crippen LogP) is 3.50. The van der Waals surface area contributed by atoms with Crippen molar-refractivity contribution in [3.05, 3.63) is 63.9 Å². The highest BCUT2D eigenvalue weighted by atomic mass is 35.5. The van der Waals surface area contributed by atoms with Crippen LogP contribution in [0.3, 0.4) is 0 Å². The standard InChI is InChI=1S/C19H17Cl2FN2O3/c20-14-4-5-17(16(21)11-14)27-12-18(25)23-6-8-24(9-7-23)19(26)13-2-1-3-15(22)10-13/h1-5,10-11H,6-9,12H2. The van der Waals surface area contributed by atoms with Crippen LogP contribution in [0.25, 0.3) is 0 Å². The first-order chi connectivity index (χ1) is 12.9. The molecule has 0 spiro atoms. The fourth-order valence-corrected chi connectivity index (χ4v) is 3.25. The lowest BCUT2D eigenvalue weighted by molar-refractivity contribution is -0.134. The van der Waals surface area contributed by atoms with Gasteiger partial charge in [-0.2, -0.15) is 0 Å². The SMILES string of the molecule is O=C(COc1ccc(Cl)cc1Cl)N1CCN(C(=O)c2cccc(F)c2)CC1. The van der Waals surface area contributed by atoms with Gasteiger partial charge in [0.1, 0.15) is 11.6 Å². The molecule has 0 atom stereocenters. The van der Waals surface area contributed by atoms with Crippen LogP contribution < -0.4 is 4.74 Å². The summed E-state index contributed by atoms with van der Waals surface area (Å²) in [5, 5.41) is 0.818. The van der Waals surface area contributed by atoms with E-state index in [1.165, 1.54) is 18.2 Å². The molecule has 0 aromatic heterocycles. The van der Waals surface area contributed by atoms with Crippen LogP contribution in [0.4, 0.5) is 4.39 Å². The zero-order chi connectivity index (χ0) is 19.4. The summed E-state index contributed by atoms with van der Waals surface area (Å²) in [6.45, 7) is 1.37. The van der Waals surface area contributed by atoms with Crippen molar-refractivity contribution < 1.29 is 18.7 Å². The number of nitrogens with zero attached hydrogens (tertiary/aromatic N) is 2. The molecule has 0 radical (unpaired) electrons. The smallest absolute Gasteiger partial charge is 0.260 e. The number of benzene rings is 2. The minimum atomic E-state index is -0.451. The lowest BCUT2D eigenvalue weighted by Crippen LogP contribution is -2.51. The Labute approximate surface area is 166 Å². The number of hydrogen-bond acceptors (Lipinski definition) is 3. The average Bonchev–Trinajstić information content (AvgIpc) is 2.66. The van der Waals surface area contributed by atoms with Crippen molar-refractivity contribution in [3.8, 4) is 5.75 Å². The van der Waals surface area contributed by atoms with Gasteiger partial charge in [-0.05, 0) is 36.4 Å². The maximum Gasteiger partial charge on any atom is 0.260 e. The molecule has 2 aromatic carbocycles. The normalized spacial score (nSPS) is 14.2. The van der Waals surface area contributed by atoms with Crippen LogP contribution in [0.1, 0.15) is 10.4 Å². The van der Waals surface area contributed by atoms with Crippen molar-refractivity contribution in [1.29, 1.82) is 0 Å². The molecule has 142 valence electrons. The zero-order valence-electron chi connectivity index (χ0n) is 14.3. The Morgan fingerprint density at radius 2 is 1.70 bits per heavy atom. The molecule has 2 aromatic rings. The van der Waals surface area contributed by atoms with Crippen LogP contribution in [0.5, 0.6) is 5.75 Å². The van der Waals surface area contributed by atoms with Gasteiger partial charge >= 0.3 is 0 Å². The summed E-state index contributed by atoms with van der Waals surface area (Å²) in [5.41, 5.74) is 0.301. The van der Waals surface area contributed by atoms with Crippen LogP contribution >= 0.6 is 23.2 Å². The van der Waals surface area contributed by atoms with Gasteiger partial charge in [0.05, 0.1) is 5.02 Å². The number of rotatable bonds is 4. The Kier molecular flexibility index (Phi) is 6.19. The van der Waals surface area contributed by atoms with E-state index in [1.807, 2.05) is 0 Å². The molecule has 2 amide bonds. The second-order valence-electron chi connectivity index (χ2n) is 6.05.